The van der Waals surface area contributed by atoms with E-state index in [9.17, 15) is 19.2 Å². The molecule has 0 bridgehead atoms. The van der Waals surface area contributed by atoms with E-state index >= 15 is 0 Å². The van der Waals surface area contributed by atoms with Crippen LogP contribution in [0.4, 0.5) is 0 Å². The molecular weight excluding hydrogens is 402 g/mol. The van der Waals surface area contributed by atoms with Gasteiger partial charge in [0.1, 0.15) is 17.5 Å². The lowest BCUT2D eigenvalue weighted by molar-refractivity contribution is -0.151. The topological polar surface area (TPSA) is 71.5 Å². The van der Waals surface area contributed by atoms with Crippen LogP contribution in [0, 0.1) is 36.5 Å². The Hall–Kier alpha value is -2.74. The molecule has 0 N–H and O–H groups in total. The van der Waals surface area contributed by atoms with Crippen molar-refractivity contribution in [2.24, 2.45) is 10.8 Å². The van der Waals surface area contributed by atoms with Gasteiger partial charge >= 0.3 is 0 Å². The number of likely N-dealkylation sites (tertiary alicyclic amines) is 1. The van der Waals surface area contributed by atoms with Crippen LogP contribution in [0.2, 0.25) is 0 Å². The molecule has 1 spiro atoms. The van der Waals surface area contributed by atoms with Crippen LogP contribution in [-0.2, 0) is 19.2 Å². The Kier molecular flexibility index (Phi) is 6.47. The Labute approximate surface area is 190 Å². The lowest BCUT2D eigenvalue weighted by atomic mass is 9.62. The molecular formula is C27H33NO4. The van der Waals surface area contributed by atoms with E-state index in [-0.39, 0.29) is 11.6 Å². The molecule has 0 radical (unpaired) electrons. The van der Waals surface area contributed by atoms with Gasteiger partial charge in [-0.2, -0.15) is 0 Å². The van der Waals surface area contributed by atoms with Gasteiger partial charge in [-0.25, -0.2) is 0 Å². The SMILES string of the molecule is CC#Cc1cc(C)c(C2C(=O)CC3(CCN(C(=O)C(=O)C(C)(C)C)CC3)CC2=O)c(C)c1. The summed E-state index contributed by atoms with van der Waals surface area (Å²) in [5.74, 6) is 4.29. The molecule has 0 aromatic heterocycles. The minimum absolute atomic E-state index is 0.0349. The monoisotopic (exact) mass is 435 g/mol. The number of carbonyl (C=O) groups excluding carboxylic acids is 4. The number of hydrogen-bond acceptors (Lipinski definition) is 4. The number of amides is 1. The van der Waals surface area contributed by atoms with Crippen LogP contribution >= 0.6 is 0 Å². The third-order valence-corrected chi connectivity index (χ3v) is 6.88. The summed E-state index contributed by atoms with van der Waals surface area (Å²) in [6, 6.07) is 3.89. The molecule has 1 aliphatic carbocycles. The van der Waals surface area contributed by atoms with Crippen molar-refractivity contribution in [2.45, 2.75) is 73.1 Å². The quantitative estimate of drug-likeness (QED) is 0.401. The first-order valence-corrected chi connectivity index (χ1v) is 11.3. The summed E-state index contributed by atoms with van der Waals surface area (Å²) in [6.07, 6.45) is 1.83. The molecule has 5 nitrogen and oxygen atoms in total. The Morgan fingerprint density at radius 2 is 1.50 bits per heavy atom. The third kappa shape index (κ3) is 4.55. The van der Waals surface area contributed by atoms with Crippen LogP contribution in [0.15, 0.2) is 12.1 Å². The number of hydrogen-bond donors (Lipinski definition) is 0. The van der Waals surface area contributed by atoms with Gasteiger partial charge in [0.2, 0.25) is 5.78 Å². The van der Waals surface area contributed by atoms with Crippen molar-refractivity contribution >= 4 is 23.3 Å². The fourth-order valence-corrected chi connectivity index (χ4v) is 5.16. The van der Waals surface area contributed by atoms with Gasteiger partial charge in [0.25, 0.3) is 5.91 Å². The van der Waals surface area contributed by atoms with E-state index in [2.05, 4.69) is 11.8 Å². The van der Waals surface area contributed by atoms with Crippen molar-refractivity contribution in [3.8, 4) is 11.8 Å². The highest BCUT2D eigenvalue weighted by Gasteiger charge is 2.48. The molecule has 1 heterocycles. The number of aryl methyl sites for hydroxylation is 2. The maximum Gasteiger partial charge on any atom is 0.290 e. The minimum Gasteiger partial charge on any atom is -0.336 e. The molecule has 170 valence electrons. The normalized spacial score (nSPS) is 19.0. The highest BCUT2D eigenvalue weighted by molar-refractivity contribution is 6.37. The second-order valence-electron chi connectivity index (χ2n) is 10.5. The lowest BCUT2D eigenvalue weighted by Crippen LogP contribution is -2.51. The molecule has 1 amide bonds. The van der Waals surface area contributed by atoms with E-state index in [0.717, 1.165) is 22.3 Å². The van der Waals surface area contributed by atoms with Gasteiger partial charge in [-0.15, -0.1) is 5.92 Å². The van der Waals surface area contributed by atoms with Gasteiger partial charge in [-0.3, -0.25) is 19.2 Å². The predicted octanol–water partition coefficient (Wildman–Crippen LogP) is 3.91. The largest absolute Gasteiger partial charge is 0.336 e. The Balaban J connectivity index is 1.76. The van der Waals surface area contributed by atoms with Gasteiger partial charge in [0.15, 0.2) is 0 Å². The first kappa shape index (κ1) is 23.9. The summed E-state index contributed by atoms with van der Waals surface area (Å²) in [6.45, 7) is 11.7. The first-order chi connectivity index (χ1) is 14.9. The average molecular weight is 436 g/mol. The van der Waals surface area contributed by atoms with E-state index in [1.807, 2.05) is 26.0 Å². The second kappa shape index (κ2) is 8.65. The zero-order chi connectivity index (χ0) is 23.8. The van der Waals surface area contributed by atoms with Gasteiger partial charge in [0, 0.05) is 36.9 Å². The van der Waals surface area contributed by atoms with Crippen LogP contribution in [0.3, 0.4) is 0 Å². The minimum atomic E-state index is -0.718. The summed E-state index contributed by atoms with van der Waals surface area (Å²) in [7, 11) is 0. The molecule has 3 rings (SSSR count). The Morgan fingerprint density at radius 3 is 1.94 bits per heavy atom. The summed E-state index contributed by atoms with van der Waals surface area (Å²) >= 11 is 0. The number of nitrogens with zero attached hydrogens (tertiary/aromatic N) is 1. The van der Waals surface area contributed by atoms with E-state index in [1.54, 1.807) is 32.6 Å². The maximum absolute atomic E-state index is 13.3. The zero-order valence-corrected chi connectivity index (χ0v) is 20.1. The van der Waals surface area contributed by atoms with E-state index in [4.69, 9.17) is 0 Å². The van der Waals surface area contributed by atoms with Crippen molar-refractivity contribution in [3.05, 3.63) is 34.4 Å². The molecule has 0 unspecified atom stereocenters. The molecule has 1 aromatic carbocycles. The molecule has 1 aliphatic heterocycles. The number of ketones is 3. The molecule has 0 atom stereocenters. The zero-order valence-electron chi connectivity index (χ0n) is 20.1. The fraction of sp³-hybridized carbons (Fsp3) is 0.556. The summed E-state index contributed by atoms with van der Waals surface area (Å²) in [4.78, 5) is 53.0. The summed E-state index contributed by atoms with van der Waals surface area (Å²) in [5.41, 5.74) is 2.43. The summed E-state index contributed by atoms with van der Waals surface area (Å²) in [5, 5.41) is 0. The van der Waals surface area contributed by atoms with Gasteiger partial charge in [-0.05, 0) is 67.9 Å². The van der Waals surface area contributed by atoms with Crippen LogP contribution in [0.1, 0.15) is 81.5 Å². The van der Waals surface area contributed by atoms with Gasteiger partial charge in [0.05, 0.1) is 0 Å². The van der Waals surface area contributed by atoms with Gasteiger partial charge in [-0.1, -0.05) is 26.7 Å². The number of piperidine rings is 1. The number of rotatable bonds is 2. The predicted molar refractivity (Wildman–Crippen MR) is 123 cm³/mol. The number of carbonyl (C=O) groups is 4. The lowest BCUT2D eigenvalue weighted by Gasteiger charge is -2.45. The van der Waals surface area contributed by atoms with Crippen molar-refractivity contribution in [3.63, 3.8) is 0 Å². The molecule has 1 saturated heterocycles. The van der Waals surface area contributed by atoms with Crippen LogP contribution in [0.5, 0.6) is 0 Å². The van der Waals surface area contributed by atoms with Crippen LogP contribution in [0.25, 0.3) is 0 Å². The summed E-state index contributed by atoms with van der Waals surface area (Å²) < 4.78 is 0. The highest BCUT2D eigenvalue weighted by Crippen LogP contribution is 2.46. The molecule has 2 aliphatic rings. The third-order valence-electron chi connectivity index (χ3n) is 6.88. The Bertz CT molecular complexity index is 997. The second-order valence-corrected chi connectivity index (χ2v) is 10.5. The van der Waals surface area contributed by atoms with Crippen molar-refractivity contribution in [1.29, 1.82) is 0 Å². The Morgan fingerprint density at radius 1 is 1.00 bits per heavy atom. The van der Waals surface area contributed by atoms with E-state index < -0.39 is 28.4 Å². The molecule has 1 aromatic rings. The molecule has 1 saturated carbocycles. The highest BCUT2D eigenvalue weighted by atomic mass is 16.2. The van der Waals surface area contributed by atoms with Crippen molar-refractivity contribution < 1.29 is 19.2 Å². The fourth-order valence-electron chi connectivity index (χ4n) is 5.16. The van der Waals surface area contributed by atoms with E-state index in [0.29, 0.717) is 38.8 Å². The number of Topliss-reactive ketones (excluding diaryl/α,β-unsaturated/α-hetero) is 3. The molecule has 5 heteroatoms. The standard InChI is InChI=1S/C27H33NO4/c1-7-8-19-13-17(2)22(18(3)14-19)23-20(29)15-27(16-21(23)30)9-11-28(12-10-27)25(32)24(31)26(4,5)6/h13-14,23H,9-12,15-16H2,1-6H3. The van der Waals surface area contributed by atoms with Crippen LogP contribution in [-0.4, -0.2) is 41.2 Å². The number of benzene rings is 1. The molecule has 2 fully saturated rings. The first-order valence-electron chi connectivity index (χ1n) is 11.3. The smallest absolute Gasteiger partial charge is 0.290 e. The van der Waals surface area contributed by atoms with Crippen molar-refractivity contribution in [1.82, 2.24) is 4.90 Å². The maximum atomic E-state index is 13.3. The van der Waals surface area contributed by atoms with Gasteiger partial charge < -0.3 is 4.90 Å². The van der Waals surface area contributed by atoms with Crippen molar-refractivity contribution in [2.75, 3.05) is 13.1 Å². The van der Waals surface area contributed by atoms with Crippen LogP contribution < -0.4 is 0 Å². The molecule has 32 heavy (non-hydrogen) atoms. The average Bonchev–Trinajstić information content (AvgIpc) is 2.68. The van der Waals surface area contributed by atoms with E-state index in [1.165, 1.54) is 0 Å².